The molecule has 3 aromatic rings. The smallest absolute Gasteiger partial charge is 0.343 e. The van der Waals surface area contributed by atoms with Crippen molar-refractivity contribution in [3.8, 4) is 5.75 Å². The number of anilines is 1. The number of hydrazone groups is 1. The van der Waals surface area contributed by atoms with E-state index in [-0.39, 0.29) is 5.75 Å². The van der Waals surface area contributed by atoms with Crippen LogP contribution < -0.4 is 15.5 Å². The first-order valence-electron chi connectivity index (χ1n) is 8.89. The van der Waals surface area contributed by atoms with Gasteiger partial charge in [0.05, 0.1) is 22.5 Å². The number of para-hydroxylation sites is 1. The number of benzene rings is 3. The number of amides is 2. The fourth-order valence-electron chi connectivity index (χ4n) is 2.37. The van der Waals surface area contributed by atoms with Crippen molar-refractivity contribution < 1.29 is 19.1 Å². The van der Waals surface area contributed by atoms with Gasteiger partial charge in [0.2, 0.25) is 0 Å². The molecule has 0 aromatic heterocycles. The largest absolute Gasteiger partial charge is 0.423 e. The lowest BCUT2D eigenvalue weighted by atomic mass is 10.2. The molecule has 0 aliphatic heterocycles. The summed E-state index contributed by atoms with van der Waals surface area (Å²) >= 11 is 11.7. The van der Waals surface area contributed by atoms with Crippen molar-refractivity contribution in [3.05, 3.63) is 94.0 Å². The highest BCUT2D eigenvalue weighted by Gasteiger charge is 2.14. The lowest BCUT2D eigenvalue weighted by Crippen LogP contribution is -2.32. The molecule has 0 saturated heterocycles. The van der Waals surface area contributed by atoms with Gasteiger partial charge in [-0.15, -0.1) is 0 Å². The Morgan fingerprint density at radius 3 is 2.35 bits per heavy atom. The van der Waals surface area contributed by atoms with Crippen molar-refractivity contribution >= 4 is 52.9 Å². The first-order chi connectivity index (χ1) is 14.9. The van der Waals surface area contributed by atoms with Gasteiger partial charge in [0.1, 0.15) is 5.75 Å². The minimum atomic E-state index is -0.971. The summed E-state index contributed by atoms with van der Waals surface area (Å²) < 4.78 is 5.32. The average molecular weight is 456 g/mol. The number of hydrogen-bond donors (Lipinski definition) is 2. The molecule has 0 unspecified atom stereocenters. The molecule has 7 nitrogen and oxygen atoms in total. The first-order valence-corrected chi connectivity index (χ1v) is 9.65. The third kappa shape index (κ3) is 6.40. The Balaban J connectivity index is 1.57. The van der Waals surface area contributed by atoms with E-state index < -0.39 is 17.8 Å². The second-order valence-electron chi connectivity index (χ2n) is 6.10. The zero-order valence-corrected chi connectivity index (χ0v) is 17.4. The number of halogens is 2. The molecule has 0 aliphatic rings. The molecular weight excluding hydrogens is 441 g/mol. The van der Waals surface area contributed by atoms with E-state index in [2.05, 4.69) is 15.8 Å². The van der Waals surface area contributed by atoms with Crippen LogP contribution in [0.4, 0.5) is 5.69 Å². The molecule has 31 heavy (non-hydrogen) atoms. The van der Waals surface area contributed by atoms with Crippen LogP contribution in [0.15, 0.2) is 77.9 Å². The van der Waals surface area contributed by atoms with Gasteiger partial charge in [0.25, 0.3) is 0 Å². The molecule has 0 fully saturated rings. The minimum Gasteiger partial charge on any atom is -0.423 e. The molecule has 0 saturated carbocycles. The number of nitrogens with zero attached hydrogens (tertiary/aromatic N) is 1. The highest BCUT2D eigenvalue weighted by Crippen LogP contribution is 2.20. The van der Waals surface area contributed by atoms with Gasteiger partial charge in [0, 0.05) is 5.02 Å². The maximum Gasteiger partial charge on any atom is 0.343 e. The Morgan fingerprint density at radius 1 is 0.871 bits per heavy atom. The van der Waals surface area contributed by atoms with Crippen molar-refractivity contribution in [2.24, 2.45) is 5.10 Å². The molecule has 0 bridgehead atoms. The molecule has 3 rings (SSSR count). The van der Waals surface area contributed by atoms with Gasteiger partial charge in [0.15, 0.2) is 0 Å². The molecule has 2 N–H and O–H groups in total. The maximum absolute atomic E-state index is 12.2. The number of esters is 1. The van der Waals surface area contributed by atoms with Crippen molar-refractivity contribution in [2.75, 3.05) is 5.32 Å². The highest BCUT2D eigenvalue weighted by molar-refractivity contribution is 6.41. The van der Waals surface area contributed by atoms with Crippen molar-refractivity contribution in [1.82, 2.24) is 5.43 Å². The van der Waals surface area contributed by atoms with Crippen LogP contribution in [0.3, 0.4) is 0 Å². The van der Waals surface area contributed by atoms with E-state index in [1.165, 1.54) is 6.21 Å². The molecule has 0 spiro atoms. The van der Waals surface area contributed by atoms with Crippen LogP contribution in [0.1, 0.15) is 15.9 Å². The van der Waals surface area contributed by atoms with Crippen molar-refractivity contribution in [1.29, 1.82) is 0 Å². The summed E-state index contributed by atoms with van der Waals surface area (Å²) in [5.74, 6) is -2.15. The summed E-state index contributed by atoms with van der Waals surface area (Å²) in [6.07, 6.45) is 1.31. The molecule has 2 amide bonds. The van der Waals surface area contributed by atoms with Gasteiger partial charge < -0.3 is 10.1 Å². The SMILES string of the molecule is O=C(N/N=C/c1cccc(OC(=O)c2ccc(Cl)cc2)c1)C(=O)Nc1ccccc1Cl. The van der Waals surface area contributed by atoms with E-state index in [9.17, 15) is 14.4 Å². The standard InChI is InChI=1S/C22H15Cl2N3O4/c23-16-10-8-15(9-11-16)22(30)31-17-5-3-4-14(12-17)13-25-27-21(29)20(28)26-19-7-2-1-6-18(19)24/h1-13H,(H,26,28)(H,27,29)/b25-13+. The lowest BCUT2D eigenvalue weighted by Gasteiger charge is -2.06. The summed E-state index contributed by atoms with van der Waals surface area (Å²) in [5.41, 5.74) is 3.31. The highest BCUT2D eigenvalue weighted by atomic mass is 35.5. The minimum absolute atomic E-state index is 0.284. The van der Waals surface area contributed by atoms with E-state index in [1.807, 2.05) is 0 Å². The predicted molar refractivity (Wildman–Crippen MR) is 119 cm³/mol. The summed E-state index contributed by atoms with van der Waals surface area (Å²) in [6, 6.07) is 19.3. The van der Waals surface area contributed by atoms with Gasteiger partial charge >= 0.3 is 17.8 Å². The maximum atomic E-state index is 12.2. The summed E-state index contributed by atoms with van der Waals surface area (Å²) in [7, 11) is 0. The van der Waals surface area contributed by atoms with Crippen LogP contribution in [0.2, 0.25) is 10.0 Å². The van der Waals surface area contributed by atoms with Gasteiger partial charge in [-0.1, -0.05) is 47.5 Å². The number of hydrogen-bond acceptors (Lipinski definition) is 5. The van der Waals surface area contributed by atoms with E-state index in [1.54, 1.807) is 72.8 Å². The average Bonchev–Trinajstić information content (AvgIpc) is 2.76. The number of ether oxygens (including phenoxy) is 1. The topological polar surface area (TPSA) is 96.9 Å². The first kappa shape index (κ1) is 22.0. The van der Waals surface area contributed by atoms with E-state index in [4.69, 9.17) is 27.9 Å². The number of carbonyl (C=O) groups excluding carboxylic acids is 3. The van der Waals surface area contributed by atoms with Crippen LogP contribution in [0, 0.1) is 0 Å². The van der Waals surface area contributed by atoms with Gasteiger partial charge in [-0.2, -0.15) is 5.10 Å². The Kier molecular flexibility index (Phi) is 7.37. The number of carbonyl (C=O) groups is 3. The molecule has 156 valence electrons. The molecule has 3 aromatic carbocycles. The van der Waals surface area contributed by atoms with Crippen LogP contribution in [0.5, 0.6) is 5.75 Å². The quantitative estimate of drug-likeness (QED) is 0.197. The van der Waals surface area contributed by atoms with E-state index in [0.717, 1.165) is 0 Å². The fraction of sp³-hybridized carbons (Fsp3) is 0. The monoisotopic (exact) mass is 455 g/mol. The van der Waals surface area contributed by atoms with Gasteiger partial charge in [-0.3, -0.25) is 9.59 Å². The number of nitrogens with one attached hydrogen (secondary N) is 2. The Morgan fingerprint density at radius 2 is 1.61 bits per heavy atom. The zero-order valence-electron chi connectivity index (χ0n) is 15.8. The van der Waals surface area contributed by atoms with Gasteiger partial charge in [-0.05, 0) is 54.1 Å². The molecule has 9 heteroatoms. The number of rotatable bonds is 5. The Hall–Kier alpha value is -3.68. The second-order valence-corrected chi connectivity index (χ2v) is 6.95. The summed E-state index contributed by atoms with van der Waals surface area (Å²) in [6.45, 7) is 0. The lowest BCUT2D eigenvalue weighted by molar-refractivity contribution is -0.136. The van der Waals surface area contributed by atoms with Crippen LogP contribution in [-0.4, -0.2) is 24.0 Å². The second kappa shape index (κ2) is 10.4. The molecule has 0 radical (unpaired) electrons. The molecular formula is C22H15Cl2N3O4. The Bertz CT molecular complexity index is 1150. The van der Waals surface area contributed by atoms with Crippen LogP contribution in [-0.2, 0) is 9.59 Å². The third-order valence-electron chi connectivity index (χ3n) is 3.86. The molecule has 0 aliphatic carbocycles. The van der Waals surface area contributed by atoms with Crippen LogP contribution in [0.25, 0.3) is 0 Å². The third-order valence-corrected chi connectivity index (χ3v) is 4.44. The normalized spacial score (nSPS) is 10.5. The fourth-order valence-corrected chi connectivity index (χ4v) is 2.68. The molecule has 0 atom stereocenters. The van der Waals surface area contributed by atoms with Gasteiger partial charge in [-0.25, -0.2) is 10.2 Å². The summed E-state index contributed by atoms with van der Waals surface area (Å²) in [4.78, 5) is 36.0. The predicted octanol–water partition coefficient (Wildman–Crippen LogP) is 4.30. The Labute approximate surface area is 187 Å². The van der Waals surface area contributed by atoms with Crippen molar-refractivity contribution in [2.45, 2.75) is 0 Å². The van der Waals surface area contributed by atoms with E-state index >= 15 is 0 Å². The summed E-state index contributed by atoms with van der Waals surface area (Å²) in [5, 5.41) is 6.94. The van der Waals surface area contributed by atoms with Crippen molar-refractivity contribution in [3.63, 3.8) is 0 Å². The zero-order chi connectivity index (χ0) is 22.2. The molecule has 0 heterocycles. The van der Waals surface area contributed by atoms with Crippen LogP contribution >= 0.6 is 23.2 Å². The van der Waals surface area contributed by atoms with E-state index in [0.29, 0.717) is 26.9 Å².